The van der Waals surface area contributed by atoms with Gasteiger partial charge in [-0.1, -0.05) is 18.2 Å². The summed E-state index contributed by atoms with van der Waals surface area (Å²) in [5, 5.41) is 5.80. The van der Waals surface area contributed by atoms with Crippen LogP contribution in [0, 0.1) is 0 Å². The number of benzene rings is 2. The van der Waals surface area contributed by atoms with Crippen molar-refractivity contribution in [1.29, 1.82) is 0 Å². The molecular formula is C23H29N3O3S. The molecule has 2 unspecified atom stereocenters. The van der Waals surface area contributed by atoms with Crippen LogP contribution in [-0.2, 0) is 21.3 Å². The molecule has 0 spiro atoms. The number of nitrogens with one attached hydrogen (secondary N) is 2. The summed E-state index contributed by atoms with van der Waals surface area (Å²) in [4.78, 5) is 27.3. The van der Waals surface area contributed by atoms with E-state index in [0.717, 1.165) is 30.0 Å². The van der Waals surface area contributed by atoms with E-state index < -0.39 is 10.8 Å². The Bertz CT molecular complexity index is 925. The summed E-state index contributed by atoms with van der Waals surface area (Å²) < 4.78 is 11.4. The summed E-state index contributed by atoms with van der Waals surface area (Å²) in [6, 6.07) is 14.7. The molecule has 2 atom stereocenters. The number of carbonyl (C=O) groups is 2. The third-order valence-electron chi connectivity index (χ3n) is 5.03. The van der Waals surface area contributed by atoms with Crippen molar-refractivity contribution in [2.24, 2.45) is 0 Å². The van der Waals surface area contributed by atoms with E-state index in [1.807, 2.05) is 31.2 Å². The Balaban J connectivity index is 1.52. The first-order valence-corrected chi connectivity index (χ1v) is 12.0. The lowest BCUT2D eigenvalue weighted by Crippen LogP contribution is -2.35. The topological polar surface area (TPSA) is 78.5 Å². The van der Waals surface area contributed by atoms with Crippen LogP contribution < -0.4 is 15.5 Å². The van der Waals surface area contributed by atoms with Gasteiger partial charge in [-0.2, -0.15) is 0 Å². The van der Waals surface area contributed by atoms with Crippen LogP contribution in [0.5, 0.6) is 0 Å². The van der Waals surface area contributed by atoms with Gasteiger partial charge < -0.3 is 15.5 Å². The lowest BCUT2D eigenvalue weighted by atomic mass is 10.1. The first-order chi connectivity index (χ1) is 14.4. The fourth-order valence-corrected chi connectivity index (χ4v) is 4.29. The summed E-state index contributed by atoms with van der Waals surface area (Å²) in [6.07, 6.45) is 4.21. The standard InChI is InChI=1S/C23H29N3O3S/c1-17(24-23(28)19-8-5-7-18(14-19)16-30(2)29)13-22(27)25-20-9-6-10-21(15-20)26-11-3-4-12-26/h5-10,14-15,17H,3-4,11-13,16H2,1-2H3,(H,24,28)(H,25,27). The number of rotatable bonds is 8. The van der Waals surface area contributed by atoms with Gasteiger partial charge in [0.25, 0.3) is 5.91 Å². The molecule has 30 heavy (non-hydrogen) atoms. The zero-order valence-electron chi connectivity index (χ0n) is 17.5. The van der Waals surface area contributed by atoms with Crippen molar-refractivity contribution in [2.75, 3.05) is 29.6 Å². The predicted molar refractivity (Wildman–Crippen MR) is 122 cm³/mol. The molecule has 0 bridgehead atoms. The fraction of sp³-hybridized carbons (Fsp3) is 0.391. The van der Waals surface area contributed by atoms with E-state index in [9.17, 15) is 13.8 Å². The molecule has 2 N–H and O–H groups in total. The van der Waals surface area contributed by atoms with Gasteiger partial charge in [-0.15, -0.1) is 0 Å². The molecule has 1 aliphatic rings. The van der Waals surface area contributed by atoms with Crippen molar-refractivity contribution in [1.82, 2.24) is 5.32 Å². The Morgan fingerprint density at radius 3 is 2.57 bits per heavy atom. The van der Waals surface area contributed by atoms with Gasteiger partial charge in [0.15, 0.2) is 0 Å². The minimum Gasteiger partial charge on any atom is -0.371 e. The monoisotopic (exact) mass is 427 g/mol. The van der Waals surface area contributed by atoms with Gasteiger partial charge in [-0.25, -0.2) is 0 Å². The number of anilines is 2. The zero-order chi connectivity index (χ0) is 21.5. The summed E-state index contributed by atoms with van der Waals surface area (Å²) in [5.74, 6) is 0.0295. The Morgan fingerprint density at radius 1 is 1.10 bits per heavy atom. The molecule has 1 saturated heterocycles. The van der Waals surface area contributed by atoms with E-state index in [1.165, 1.54) is 12.8 Å². The number of nitrogens with zero attached hydrogens (tertiary/aromatic N) is 1. The maximum absolute atomic E-state index is 12.5. The van der Waals surface area contributed by atoms with Crippen molar-refractivity contribution in [2.45, 2.75) is 38.0 Å². The first kappa shape index (κ1) is 22.0. The Hall–Kier alpha value is -2.67. The van der Waals surface area contributed by atoms with E-state index in [4.69, 9.17) is 0 Å². The van der Waals surface area contributed by atoms with Crippen molar-refractivity contribution >= 4 is 34.0 Å². The van der Waals surface area contributed by atoms with Crippen molar-refractivity contribution in [3.63, 3.8) is 0 Å². The average molecular weight is 428 g/mol. The van der Waals surface area contributed by atoms with E-state index >= 15 is 0 Å². The third-order valence-corrected chi connectivity index (χ3v) is 5.77. The molecule has 7 heteroatoms. The second kappa shape index (κ2) is 10.4. The molecular weight excluding hydrogens is 398 g/mol. The normalized spacial score (nSPS) is 15.5. The molecule has 0 saturated carbocycles. The summed E-state index contributed by atoms with van der Waals surface area (Å²) in [7, 11) is -0.967. The number of hydrogen-bond donors (Lipinski definition) is 2. The van der Waals surface area contributed by atoms with Gasteiger partial charge in [0.1, 0.15) is 0 Å². The van der Waals surface area contributed by atoms with Gasteiger partial charge in [-0.05, 0) is 55.7 Å². The van der Waals surface area contributed by atoms with Gasteiger partial charge in [0, 0.05) is 65.3 Å². The van der Waals surface area contributed by atoms with Crippen LogP contribution in [0.4, 0.5) is 11.4 Å². The van der Waals surface area contributed by atoms with Crippen LogP contribution in [0.3, 0.4) is 0 Å². The lowest BCUT2D eigenvalue weighted by molar-refractivity contribution is -0.116. The highest BCUT2D eigenvalue weighted by molar-refractivity contribution is 7.83. The maximum Gasteiger partial charge on any atom is 0.251 e. The summed E-state index contributed by atoms with van der Waals surface area (Å²) in [6.45, 7) is 3.91. The molecule has 1 heterocycles. The van der Waals surface area contributed by atoms with Crippen molar-refractivity contribution in [3.05, 3.63) is 59.7 Å². The molecule has 1 aliphatic heterocycles. The molecule has 1 fully saturated rings. The molecule has 6 nitrogen and oxygen atoms in total. The van der Waals surface area contributed by atoms with Crippen LogP contribution in [0.2, 0.25) is 0 Å². The molecule has 2 amide bonds. The molecule has 3 rings (SSSR count). The lowest BCUT2D eigenvalue weighted by Gasteiger charge is -2.19. The second-order valence-corrected chi connectivity index (χ2v) is 9.22. The second-order valence-electron chi connectivity index (χ2n) is 7.79. The minimum absolute atomic E-state index is 0.142. The molecule has 0 aliphatic carbocycles. The molecule has 160 valence electrons. The Morgan fingerprint density at radius 2 is 1.83 bits per heavy atom. The van der Waals surface area contributed by atoms with E-state index in [1.54, 1.807) is 24.5 Å². The molecule has 0 radical (unpaired) electrons. The van der Waals surface area contributed by atoms with Gasteiger partial charge in [0.05, 0.1) is 0 Å². The molecule has 2 aromatic carbocycles. The van der Waals surface area contributed by atoms with Crippen LogP contribution in [-0.4, -0.2) is 41.4 Å². The van der Waals surface area contributed by atoms with Crippen LogP contribution in [0.15, 0.2) is 48.5 Å². The van der Waals surface area contributed by atoms with Crippen LogP contribution in [0.25, 0.3) is 0 Å². The van der Waals surface area contributed by atoms with Gasteiger partial charge in [0.2, 0.25) is 5.91 Å². The maximum atomic E-state index is 12.5. The highest BCUT2D eigenvalue weighted by atomic mass is 32.2. The third kappa shape index (κ3) is 6.42. The van der Waals surface area contributed by atoms with E-state index in [-0.39, 0.29) is 24.3 Å². The van der Waals surface area contributed by atoms with Gasteiger partial charge >= 0.3 is 0 Å². The van der Waals surface area contributed by atoms with Crippen LogP contribution >= 0.6 is 0 Å². The predicted octanol–water partition coefficient (Wildman–Crippen LogP) is 3.31. The number of amides is 2. The summed E-state index contributed by atoms with van der Waals surface area (Å²) >= 11 is 0. The Kier molecular flexibility index (Phi) is 7.63. The first-order valence-electron chi connectivity index (χ1n) is 10.3. The minimum atomic E-state index is -0.967. The summed E-state index contributed by atoms with van der Waals surface area (Å²) in [5.41, 5.74) is 3.25. The quantitative estimate of drug-likeness (QED) is 0.678. The van der Waals surface area contributed by atoms with Crippen molar-refractivity contribution in [3.8, 4) is 0 Å². The van der Waals surface area contributed by atoms with Gasteiger partial charge in [-0.3, -0.25) is 13.8 Å². The molecule has 0 aromatic heterocycles. The Labute approximate surface area is 180 Å². The fourth-order valence-electron chi connectivity index (χ4n) is 3.64. The average Bonchev–Trinajstić information content (AvgIpc) is 3.22. The van der Waals surface area contributed by atoms with Crippen LogP contribution in [0.1, 0.15) is 42.1 Å². The smallest absolute Gasteiger partial charge is 0.251 e. The highest BCUT2D eigenvalue weighted by Gasteiger charge is 2.16. The SMILES string of the molecule is CC(CC(=O)Nc1cccc(N2CCCC2)c1)NC(=O)c1cccc(CS(C)=O)c1. The highest BCUT2D eigenvalue weighted by Crippen LogP contribution is 2.23. The van der Waals surface area contributed by atoms with Crippen molar-refractivity contribution < 1.29 is 13.8 Å². The largest absolute Gasteiger partial charge is 0.371 e. The van der Waals surface area contributed by atoms with E-state index in [2.05, 4.69) is 21.6 Å². The number of carbonyl (C=O) groups excluding carboxylic acids is 2. The zero-order valence-corrected chi connectivity index (χ0v) is 18.3. The number of hydrogen-bond acceptors (Lipinski definition) is 4. The molecule has 2 aromatic rings. The van der Waals surface area contributed by atoms with E-state index in [0.29, 0.717) is 11.3 Å².